The van der Waals surface area contributed by atoms with Crippen molar-refractivity contribution < 1.29 is 19.1 Å². The van der Waals surface area contributed by atoms with Crippen molar-refractivity contribution in [2.24, 2.45) is 0 Å². The van der Waals surface area contributed by atoms with Crippen LogP contribution >= 0.6 is 0 Å². The van der Waals surface area contributed by atoms with Crippen LogP contribution in [0.5, 0.6) is 5.75 Å². The number of rotatable bonds is 6. The van der Waals surface area contributed by atoms with Crippen LogP contribution < -0.4 is 10.1 Å². The first kappa shape index (κ1) is 17.0. The molecule has 1 N–H and O–H groups in total. The predicted molar refractivity (Wildman–Crippen MR) is 87.3 cm³/mol. The second-order valence-corrected chi connectivity index (χ2v) is 4.92. The van der Waals surface area contributed by atoms with Crippen molar-refractivity contribution in [3.05, 3.63) is 60.2 Å². The monoisotopic (exact) mass is 324 g/mol. The van der Waals surface area contributed by atoms with Crippen molar-refractivity contribution in [1.29, 1.82) is 5.26 Å². The van der Waals surface area contributed by atoms with E-state index in [0.717, 1.165) is 0 Å². The van der Waals surface area contributed by atoms with E-state index >= 15 is 0 Å². The van der Waals surface area contributed by atoms with Crippen molar-refractivity contribution >= 4 is 17.6 Å². The van der Waals surface area contributed by atoms with Gasteiger partial charge in [0, 0.05) is 5.69 Å². The van der Waals surface area contributed by atoms with E-state index in [9.17, 15) is 9.59 Å². The van der Waals surface area contributed by atoms with Crippen molar-refractivity contribution in [3.63, 3.8) is 0 Å². The molecule has 0 saturated carbocycles. The van der Waals surface area contributed by atoms with Gasteiger partial charge < -0.3 is 14.8 Å². The molecule has 0 bridgehead atoms. The summed E-state index contributed by atoms with van der Waals surface area (Å²) in [5.41, 5.74) is 0.885. The fraction of sp³-hybridized carbons (Fsp3) is 0.167. The van der Waals surface area contributed by atoms with E-state index in [-0.39, 0.29) is 6.61 Å². The van der Waals surface area contributed by atoms with Crippen molar-refractivity contribution in [2.45, 2.75) is 13.0 Å². The fourth-order valence-electron chi connectivity index (χ4n) is 1.85. The zero-order valence-electron chi connectivity index (χ0n) is 13.1. The molecule has 0 heterocycles. The molecule has 1 amide bonds. The minimum absolute atomic E-state index is 0.286. The molecule has 0 fully saturated rings. The van der Waals surface area contributed by atoms with Crippen LogP contribution in [-0.2, 0) is 14.3 Å². The van der Waals surface area contributed by atoms with Gasteiger partial charge >= 0.3 is 5.97 Å². The van der Waals surface area contributed by atoms with Crippen LogP contribution in [0.2, 0.25) is 0 Å². The lowest BCUT2D eigenvalue weighted by Gasteiger charge is -2.14. The number of para-hydroxylation sites is 1. The molecule has 6 heteroatoms. The van der Waals surface area contributed by atoms with Gasteiger partial charge in [0.1, 0.15) is 5.75 Å². The van der Waals surface area contributed by atoms with Crippen LogP contribution in [-0.4, -0.2) is 24.6 Å². The maximum absolute atomic E-state index is 12.0. The topological polar surface area (TPSA) is 88.4 Å². The van der Waals surface area contributed by atoms with Gasteiger partial charge in [-0.1, -0.05) is 24.3 Å². The quantitative estimate of drug-likeness (QED) is 0.825. The van der Waals surface area contributed by atoms with Gasteiger partial charge in [0.05, 0.1) is 11.6 Å². The number of carbonyl (C=O) groups is 2. The largest absolute Gasteiger partial charge is 0.482 e. The highest BCUT2D eigenvalue weighted by Crippen LogP contribution is 2.11. The third kappa shape index (κ3) is 5.14. The van der Waals surface area contributed by atoms with E-state index < -0.39 is 18.0 Å². The maximum atomic E-state index is 12.0. The molecule has 2 aromatic rings. The van der Waals surface area contributed by atoms with Gasteiger partial charge in [-0.3, -0.25) is 4.79 Å². The van der Waals surface area contributed by atoms with Crippen LogP contribution in [0.1, 0.15) is 12.5 Å². The van der Waals surface area contributed by atoms with Crippen LogP contribution in [0.15, 0.2) is 54.6 Å². The summed E-state index contributed by atoms with van der Waals surface area (Å²) in [6.45, 7) is 1.18. The average Bonchev–Trinajstić information content (AvgIpc) is 2.61. The molecule has 24 heavy (non-hydrogen) atoms. The van der Waals surface area contributed by atoms with E-state index in [1.54, 1.807) is 42.5 Å². The minimum atomic E-state index is -0.984. The molecule has 0 saturated heterocycles. The molecule has 0 aliphatic rings. The molecule has 2 aromatic carbocycles. The zero-order chi connectivity index (χ0) is 17.4. The van der Waals surface area contributed by atoms with Gasteiger partial charge in [-0.2, -0.15) is 5.26 Å². The number of benzene rings is 2. The van der Waals surface area contributed by atoms with Crippen molar-refractivity contribution in [1.82, 2.24) is 0 Å². The molecule has 0 radical (unpaired) electrons. The second-order valence-electron chi connectivity index (χ2n) is 4.92. The first-order valence-electron chi connectivity index (χ1n) is 7.27. The van der Waals surface area contributed by atoms with Crippen molar-refractivity contribution in [3.8, 4) is 11.8 Å². The molecule has 0 aliphatic carbocycles. The normalized spacial score (nSPS) is 11.0. The lowest BCUT2D eigenvalue weighted by molar-refractivity contribution is -0.155. The molecule has 0 spiro atoms. The Balaban J connectivity index is 1.82. The summed E-state index contributed by atoms with van der Waals surface area (Å²) >= 11 is 0. The predicted octanol–water partition coefficient (Wildman–Crippen LogP) is 2.51. The standard InChI is InChI=1S/C18H16N2O4/c1-13(18(22)20-15-7-5-6-14(10-15)11-19)24-17(21)12-23-16-8-3-2-4-9-16/h2-10,13H,12H2,1H3,(H,20,22)/t13-/m1/s1. The van der Waals surface area contributed by atoms with E-state index in [0.29, 0.717) is 17.0 Å². The molecule has 6 nitrogen and oxygen atoms in total. The highest BCUT2D eigenvalue weighted by atomic mass is 16.6. The molecule has 1 atom stereocenters. The van der Waals surface area contributed by atoms with Gasteiger partial charge in [0.25, 0.3) is 5.91 Å². The summed E-state index contributed by atoms with van der Waals surface area (Å²) in [5.74, 6) is -0.592. The third-order valence-corrected chi connectivity index (χ3v) is 3.04. The molecule has 2 rings (SSSR count). The number of nitrogens with zero attached hydrogens (tertiary/aromatic N) is 1. The van der Waals surface area contributed by atoms with E-state index in [1.807, 2.05) is 12.1 Å². The Morgan fingerprint density at radius 1 is 1.17 bits per heavy atom. The summed E-state index contributed by atoms with van der Waals surface area (Å²) in [6, 6.07) is 17.3. The van der Waals surface area contributed by atoms with Crippen LogP contribution in [0.25, 0.3) is 0 Å². The molecular formula is C18H16N2O4. The Morgan fingerprint density at radius 3 is 2.62 bits per heavy atom. The van der Waals surface area contributed by atoms with Crippen LogP contribution in [0.4, 0.5) is 5.69 Å². The summed E-state index contributed by atoms with van der Waals surface area (Å²) in [7, 11) is 0. The van der Waals surface area contributed by atoms with E-state index in [4.69, 9.17) is 14.7 Å². The molecule has 0 aliphatic heterocycles. The Morgan fingerprint density at radius 2 is 1.92 bits per heavy atom. The van der Waals surface area contributed by atoms with E-state index in [1.165, 1.54) is 13.0 Å². The minimum Gasteiger partial charge on any atom is -0.482 e. The lowest BCUT2D eigenvalue weighted by atomic mass is 10.2. The highest BCUT2D eigenvalue weighted by molar-refractivity contribution is 5.95. The van der Waals surface area contributed by atoms with Crippen molar-refractivity contribution in [2.75, 3.05) is 11.9 Å². The second kappa shape index (κ2) is 8.34. The zero-order valence-corrected chi connectivity index (χ0v) is 13.1. The number of anilines is 1. The highest BCUT2D eigenvalue weighted by Gasteiger charge is 2.18. The summed E-state index contributed by atoms with van der Waals surface area (Å²) < 4.78 is 10.3. The molecule has 0 aromatic heterocycles. The third-order valence-electron chi connectivity index (χ3n) is 3.04. The Kier molecular flexibility index (Phi) is 5.92. The summed E-state index contributed by atoms with van der Waals surface area (Å²) in [5, 5.41) is 11.4. The van der Waals surface area contributed by atoms with Gasteiger partial charge in [0.2, 0.25) is 0 Å². The summed E-state index contributed by atoms with van der Waals surface area (Å²) in [6.07, 6.45) is -0.984. The fourth-order valence-corrected chi connectivity index (χ4v) is 1.85. The van der Waals surface area contributed by atoms with Gasteiger partial charge in [0.15, 0.2) is 12.7 Å². The Bertz CT molecular complexity index is 753. The number of amides is 1. The van der Waals surface area contributed by atoms with Gasteiger partial charge in [-0.25, -0.2) is 4.79 Å². The number of esters is 1. The maximum Gasteiger partial charge on any atom is 0.344 e. The van der Waals surface area contributed by atoms with Crippen LogP contribution in [0, 0.1) is 11.3 Å². The number of carbonyl (C=O) groups excluding carboxylic acids is 2. The smallest absolute Gasteiger partial charge is 0.344 e. The lowest BCUT2D eigenvalue weighted by Crippen LogP contribution is -2.31. The molecule has 0 unspecified atom stereocenters. The number of nitrogens with one attached hydrogen (secondary N) is 1. The number of nitriles is 1. The van der Waals surface area contributed by atoms with Gasteiger partial charge in [-0.05, 0) is 37.3 Å². The first-order valence-corrected chi connectivity index (χ1v) is 7.27. The average molecular weight is 324 g/mol. The summed E-state index contributed by atoms with van der Waals surface area (Å²) in [4.78, 5) is 23.7. The Hall–Kier alpha value is -3.33. The van der Waals surface area contributed by atoms with E-state index in [2.05, 4.69) is 5.32 Å². The molecule has 122 valence electrons. The molecular weight excluding hydrogens is 308 g/mol. The number of hydrogen-bond donors (Lipinski definition) is 1. The first-order chi connectivity index (χ1) is 11.6. The van der Waals surface area contributed by atoms with Gasteiger partial charge in [-0.15, -0.1) is 0 Å². The van der Waals surface area contributed by atoms with Crippen LogP contribution in [0.3, 0.4) is 0 Å². The Labute approximate surface area is 139 Å². The number of hydrogen-bond acceptors (Lipinski definition) is 5. The SMILES string of the molecule is C[C@@H](OC(=O)COc1ccccc1)C(=O)Nc1cccc(C#N)c1. The number of ether oxygens (including phenoxy) is 2.